The molecule has 0 aliphatic rings. The fourth-order valence-corrected chi connectivity index (χ4v) is 2.96. The Hall–Kier alpha value is -2.87. The molecule has 0 bridgehead atoms. The number of hydrazine groups is 1. The minimum absolute atomic E-state index is 0.00299. The van der Waals surface area contributed by atoms with Crippen molar-refractivity contribution in [1.82, 2.24) is 10.9 Å². The number of aryl methyl sites for hydroxylation is 1. The van der Waals surface area contributed by atoms with E-state index in [-0.39, 0.29) is 31.3 Å². The van der Waals surface area contributed by atoms with Crippen molar-refractivity contribution in [1.29, 1.82) is 0 Å². The standard InChI is InChI=1S/C22H26BrN3O4/c1-14(2)17-12-18(23)15(3)11-19(17)30-13-22(29)26-25-21(28)10-9-20(27)24-16-7-5-4-6-8-16/h4-8,11-12,14H,9-10,13H2,1-3H3,(H,24,27)(H,25,28)(H,26,29). The molecule has 2 aromatic rings. The lowest BCUT2D eigenvalue weighted by Crippen LogP contribution is -2.44. The summed E-state index contributed by atoms with van der Waals surface area (Å²) in [6.07, 6.45) is -0.0494. The predicted molar refractivity (Wildman–Crippen MR) is 119 cm³/mol. The zero-order valence-corrected chi connectivity index (χ0v) is 18.8. The number of hydrogen-bond donors (Lipinski definition) is 3. The number of anilines is 1. The summed E-state index contributed by atoms with van der Waals surface area (Å²) >= 11 is 3.50. The Morgan fingerprint density at radius 1 is 0.967 bits per heavy atom. The lowest BCUT2D eigenvalue weighted by Gasteiger charge is -2.16. The first-order chi connectivity index (χ1) is 14.3. The van der Waals surface area contributed by atoms with Gasteiger partial charge in [0.1, 0.15) is 5.75 Å². The molecule has 0 spiro atoms. The Morgan fingerprint density at radius 2 is 1.60 bits per heavy atom. The van der Waals surface area contributed by atoms with E-state index >= 15 is 0 Å². The maximum atomic E-state index is 12.0. The van der Waals surface area contributed by atoms with Crippen LogP contribution >= 0.6 is 15.9 Å². The van der Waals surface area contributed by atoms with Gasteiger partial charge in [0, 0.05) is 23.0 Å². The SMILES string of the molecule is Cc1cc(OCC(=O)NNC(=O)CCC(=O)Nc2ccccc2)c(C(C)C)cc1Br. The zero-order chi connectivity index (χ0) is 22.1. The summed E-state index contributed by atoms with van der Waals surface area (Å²) in [6, 6.07) is 12.8. The molecule has 0 unspecified atom stereocenters. The molecule has 0 heterocycles. The molecule has 7 nitrogen and oxygen atoms in total. The molecule has 0 saturated carbocycles. The average Bonchev–Trinajstić information content (AvgIpc) is 2.71. The number of rotatable bonds is 8. The van der Waals surface area contributed by atoms with Crippen LogP contribution in [-0.4, -0.2) is 24.3 Å². The first-order valence-electron chi connectivity index (χ1n) is 9.61. The molecule has 0 saturated heterocycles. The van der Waals surface area contributed by atoms with Crippen LogP contribution in [0.1, 0.15) is 43.7 Å². The van der Waals surface area contributed by atoms with Gasteiger partial charge >= 0.3 is 0 Å². The minimum atomic E-state index is -0.493. The summed E-state index contributed by atoms with van der Waals surface area (Å²) < 4.78 is 6.62. The highest BCUT2D eigenvalue weighted by atomic mass is 79.9. The third-order valence-corrected chi connectivity index (χ3v) is 5.10. The van der Waals surface area contributed by atoms with Gasteiger partial charge in [-0.05, 0) is 48.2 Å². The van der Waals surface area contributed by atoms with Crippen molar-refractivity contribution in [3.63, 3.8) is 0 Å². The smallest absolute Gasteiger partial charge is 0.276 e. The summed E-state index contributed by atoms with van der Waals surface area (Å²) in [5.41, 5.74) is 7.23. The number of hydrogen-bond acceptors (Lipinski definition) is 4. The van der Waals surface area contributed by atoms with Gasteiger partial charge in [0.25, 0.3) is 5.91 Å². The molecule has 160 valence electrons. The highest BCUT2D eigenvalue weighted by Gasteiger charge is 2.13. The highest BCUT2D eigenvalue weighted by molar-refractivity contribution is 9.10. The Labute approximate surface area is 184 Å². The number of para-hydroxylation sites is 1. The van der Waals surface area contributed by atoms with Gasteiger partial charge in [0.15, 0.2) is 6.61 Å². The van der Waals surface area contributed by atoms with Crippen LogP contribution in [0.4, 0.5) is 5.69 Å². The monoisotopic (exact) mass is 475 g/mol. The van der Waals surface area contributed by atoms with E-state index in [1.165, 1.54) is 0 Å². The topological polar surface area (TPSA) is 96.5 Å². The number of carbonyl (C=O) groups is 3. The first-order valence-corrected chi connectivity index (χ1v) is 10.4. The molecule has 0 atom stereocenters. The molecule has 3 N–H and O–H groups in total. The molecule has 2 aromatic carbocycles. The van der Waals surface area contributed by atoms with Gasteiger partial charge in [0.05, 0.1) is 0 Å². The van der Waals surface area contributed by atoms with Crippen molar-refractivity contribution < 1.29 is 19.1 Å². The van der Waals surface area contributed by atoms with Crippen LogP contribution in [0, 0.1) is 6.92 Å². The van der Waals surface area contributed by atoms with E-state index < -0.39 is 11.8 Å². The van der Waals surface area contributed by atoms with Gasteiger partial charge in [0.2, 0.25) is 11.8 Å². The Kier molecular flexibility index (Phi) is 8.86. The number of amides is 3. The molecule has 0 aromatic heterocycles. The van der Waals surface area contributed by atoms with Crippen LogP contribution in [0.15, 0.2) is 46.9 Å². The summed E-state index contributed by atoms with van der Waals surface area (Å²) in [7, 11) is 0. The van der Waals surface area contributed by atoms with Crippen molar-refractivity contribution in [2.75, 3.05) is 11.9 Å². The van der Waals surface area contributed by atoms with Crippen molar-refractivity contribution in [3.8, 4) is 5.75 Å². The summed E-state index contributed by atoms with van der Waals surface area (Å²) in [6.45, 7) is 5.78. The lowest BCUT2D eigenvalue weighted by atomic mass is 10.0. The van der Waals surface area contributed by atoms with E-state index in [0.29, 0.717) is 11.4 Å². The van der Waals surface area contributed by atoms with Gasteiger partial charge in [-0.1, -0.05) is 48.0 Å². The average molecular weight is 476 g/mol. The van der Waals surface area contributed by atoms with Crippen LogP contribution in [0.5, 0.6) is 5.75 Å². The van der Waals surface area contributed by atoms with E-state index in [4.69, 9.17) is 4.74 Å². The third kappa shape index (κ3) is 7.51. The number of benzene rings is 2. The largest absolute Gasteiger partial charge is 0.483 e. The Bertz CT molecular complexity index is 901. The van der Waals surface area contributed by atoms with Gasteiger partial charge < -0.3 is 10.1 Å². The van der Waals surface area contributed by atoms with Gasteiger partial charge in [-0.25, -0.2) is 0 Å². The van der Waals surface area contributed by atoms with Crippen LogP contribution in [-0.2, 0) is 14.4 Å². The maximum absolute atomic E-state index is 12.0. The fourth-order valence-electron chi connectivity index (χ4n) is 2.60. The molecular formula is C22H26BrN3O4. The minimum Gasteiger partial charge on any atom is -0.483 e. The molecule has 3 amide bonds. The summed E-state index contributed by atoms with van der Waals surface area (Å²) in [4.78, 5) is 35.7. The lowest BCUT2D eigenvalue weighted by molar-refractivity contribution is -0.130. The predicted octanol–water partition coefficient (Wildman–Crippen LogP) is 3.83. The van der Waals surface area contributed by atoms with Crippen molar-refractivity contribution in [2.24, 2.45) is 0 Å². The van der Waals surface area contributed by atoms with Gasteiger partial charge in [-0.2, -0.15) is 0 Å². The van der Waals surface area contributed by atoms with Crippen LogP contribution < -0.4 is 20.9 Å². The normalized spacial score (nSPS) is 10.4. The first kappa shape index (κ1) is 23.4. The van der Waals surface area contributed by atoms with E-state index in [1.807, 2.05) is 39.0 Å². The third-order valence-electron chi connectivity index (χ3n) is 4.25. The number of carbonyl (C=O) groups excluding carboxylic acids is 3. The van der Waals surface area contributed by atoms with Crippen molar-refractivity contribution in [3.05, 3.63) is 58.1 Å². The van der Waals surface area contributed by atoms with Gasteiger partial charge in [-0.15, -0.1) is 0 Å². The second-order valence-corrected chi connectivity index (χ2v) is 7.95. The van der Waals surface area contributed by atoms with Gasteiger partial charge in [-0.3, -0.25) is 25.2 Å². The Morgan fingerprint density at radius 3 is 2.27 bits per heavy atom. The van der Waals surface area contributed by atoms with Crippen LogP contribution in [0.2, 0.25) is 0 Å². The quantitative estimate of drug-likeness (QED) is 0.505. The number of nitrogens with one attached hydrogen (secondary N) is 3. The molecule has 8 heteroatoms. The van der Waals surface area contributed by atoms with Crippen molar-refractivity contribution >= 4 is 39.3 Å². The Balaban J connectivity index is 1.73. The second-order valence-electron chi connectivity index (χ2n) is 7.09. The molecule has 0 radical (unpaired) electrons. The van der Waals surface area contributed by atoms with Crippen LogP contribution in [0.25, 0.3) is 0 Å². The zero-order valence-electron chi connectivity index (χ0n) is 17.3. The highest BCUT2D eigenvalue weighted by Crippen LogP contribution is 2.32. The number of halogens is 1. The van der Waals surface area contributed by atoms with E-state index in [2.05, 4.69) is 32.1 Å². The van der Waals surface area contributed by atoms with Crippen LogP contribution in [0.3, 0.4) is 0 Å². The molecule has 0 fully saturated rings. The molecule has 0 aliphatic heterocycles. The molecule has 2 rings (SSSR count). The fraction of sp³-hybridized carbons (Fsp3) is 0.318. The second kappa shape index (κ2) is 11.3. The van der Waals surface area contributed by atoms with E-state index in [0.717, 1.165) is 15.6 Å². The van der Waals surface area contributed by atoms with E-state index in [9.17, 15) is 14.4 Å². The van der Waals surface area contributed by atoms with E-state index in [1.54, 1.807) is 24.3 Å². The summed E-state index contributed by atoms with van der Waals surface area (Å²) in [5.74, 6) is -0.384. The van der Waals surface area contributed by atoms with Crippen molar-refractivity contribution in [2.45, 2.75) is 39.5 Å². The molecule has 0 aliphatic carbocycles. The maximum Gasteiger partial charge on any atom is 0.276 e. The molecule has 30 heavy (non-hydrogen) atoms. The number of ether oxygens (including phenoxy) is 1. The summed E-state index contributed by atoms with van der Waals surface area (Å²) in [5, 5.41) is 2.69. The molecular weight excluding hydrogens is 450 g/mol.